The van der Waals surface area contributed by atoms with Crippen molar-refractivity contribution in [3.8, 4) is 0 Å². The minimum absolute atomic E-state index is 3.17. The smallest absolute Gasteiger partial charge is 0.302 e. The summed E-state index contributed by atoms with van der Waals surface area (Å²) < 4.78 is 148. The van der Waals surface area contributed by atoms with Gasteiger partial charge in [-0.25, -0.2) is 45.7 Å². The van der Waals surface area contributed by atoms with Crippen LogP contribution in [0.25, 0.3) is 0 Å². The van der Waals surface area contributed by atoms with Gasteiger partial charge in [-0.05, 0) is 0 Å². The molecule has 30 nitrogen and oxygen atoms in total. The predicted octanol–water partition coefficient (Wildman–Crippen LogP) is 1.17. The molecule has 1 aliphatic heterocycles. The van der Waals surface area contributed by atoms with Gasteiger partial charge in [0.05, 0.1) is 0 Å². The molecule has 240 valence electrons. The zero-order chi connectivity index (χ0) is 32.1. The summed E-state index contributed by atoms with van der Waals surface area (Å²) in [5.74, 6) is 0. The van der Waals surface area contributed by atoms with E-state index >= 15 is 0 Å². The van der Waals surface area contributed by atoms with E-state index in [4.69, 9.17) is 0 Å². The Labute approximate surface area is 216 Å². The van der Waals surface area contributed by atoms with Crippen LogP contribution in [0.2, 0.25) is 0 Å². The first kappa shape index (κ1) is 39.5. The van der Waals surface area contributed by atoms with Gasteiger partial charge in [-0.15, -0.1) is 0 Å². The topological polar surface area (TPSA) is 465 Å². The maximum Gasteiger partial charge on any atom is 0.490 e. The van der Waals surface area contributed by atoms with Crippen LogP contribution in [0, 0.1) is 0 Å². The van der Waals surface area contributed by atoms with Crippen molar-refractivity contribution < 1.29 is 138 Å². The maximum atomic E-state index is 11.7. The third kappa shape index (κ3) is 15.5. The highest BCUT2D eigenvalue weighted by atomic mass is 31.3. The van der Waals surface area contributed by atoms with E-state index in [-0.39, 0.29) is 0 Å². The van der Waals surface area contributed by atoms with Crippen LogP contribution < -0.4 is 0 Å². The fourth-order valence-electron chi connectivity index (χ4n) is 1.45. The average Bonchev–Trinajstić information content (AvgIpc) is 2.38. The fourth-order valence-corrected chi connectivity index (χ4v) is 15.8. The SMILES string of the molecule is O=P1(O)OP(=O)(O)OP(=O)(O)OP(=O)(O)OP(=O)(O)OP(=O)(O)OP(=O)(O)OP(=O)(O)OP(=O)(O)OP(=O)(O)O1. The van der Waals surface area contributed by atoms with Crippen LogP contribution >= 0.6 is 78.2 Å². The zero-order valence-electron chi connectivity index (χ0n) is 17.1. The summed E-state index contributed by atoms with van der Waals surface area (Å²) in [6.07, 6.45) is 0. The van der Waals surface area contributed by atoms with Crippen molar-refractivity contribution in [1.29, 1.82) is 0 Å². The van der Waals surface area contributed by atoms with Crippen LogP contribution in [0.15, 0.2) is 0 Å². The van der Waals surface area contributed by atoms with Gasteiger partial charge in [0, 0.05) is 0 Å². The van der Waals surface area contributed by atoms with E-state index in [9.17, 15) is 94.6 Å². The lowest BCUT2D eigenvalue weighted by Gasteiger charge is -2.23. The van der Waals surface area contributed by atoms with Crippen LogP contribution in [-0.2, 0) is 88.8 Å². The van der Waals surface area contributed by atoms with Crippen LogP contribution in [0.5, 0.6) is 0 Å². The maximum absolute atomic E-state index is 11.7. The molecule has 1 heterocycles. The average molecular weight is 800 g/mol. The lowest BCUT2D eigenvalue weighted by molar-refractivity contribution is 0.175. The monoisotopic (exact) mass is 800 g/mol. The Kier molecular flexibility index (Phi) is 12.2. The molecular weight excluding hydrogens is 790 g/mol. The zero-order valence-corrected chi connectivity index (χ0v) is 26.1. The first-order valence-electron chi connectivity index (χ1n) is 7.48. The molecule has 0 unspecified atom stereocenters. The molecular formula is H10O30P10. The molecule has 0 spiro atoms. The van der Waals surface area contributed by atoms with Gasteiger partial charge < -0.3 is 48.9 Å². The quantitative estimate of drug-likeness (QED) is 0.154. The Hall–Kier alpha value is 1.50. The summed E-state index contributed by atoms with van der Waals surface area (Å²) in [5, 5.41) is 0. The molecule has 0 aromatic rings. The van der Waals surface area contributed by atoms with Crippen molar-refractivity contribution in [1.82, 2.24) is 0 Å². The molecule has 1 rings (SSSR count). The Morgan fingerprint density at radius 1 is 0.200 bits per heavy atom. The summed E-state index contributed by atoms with van der Waals surface area (Å²) in [6, 6.07) is 0. The molecule has 0 aromatic carbocycles. The summed E-state index contributed by atoms with van der Waals surface area (Å²) in [5.41, 5.74) is 0. The molecule has 1 saturated heterocycles. The molecule has 40 heavy (non-hydrogen) atoms. The van der Waals surface area contributed by atoms with Crippen LogP contribution in [0.3, 0.4) is 0 Å². The van der Waals surface area contributed by atoms with E-state index in [2.05, 4.69) is 43.1 Å². The molecule has 1 aliphatic rings. The molecule has 0 aliphatic carbocycles. The van der Waals surface area contributed by atoms with E-state index < -0.39 is 78.2 Å². The summed E-state index contributed by atoms with van der Waals surface area (Å²) in [4.78, 5) is 92.2. The van der Waals surface area contributed by atoms with Crippen molar-refractivity contribution in [3.05, 3.63) is 0 Å². The van der Waals surface area contributed by atoms with E-state index in [1.165, 1.54) is 0 Å². The van der Waals surface area contributed by atoms with Crippen LogP contribution in [0.1, 0.15) is 0 Å². The van der Waals surface area contributed by atoms with Crippen LogP contribution in [0.4, 0.5) is 0 Å². The van der Waals surface area contributed by atoms with Gasteiger partial charge in [0.1, 0.15) is 0 Å². The van der Waals surface area contributed by atoms with Crippen molar-refractivity contribution in [2.75, 3.05) is 0 Å². The number of hydrogen-bond acceptors (Lipinski definition) is 20. The van der Waals surface area contributed by atoms with E-state index in [1.54, 1.807) is 0 Å². The molecule has 0 radical (unpaired) electrons. The molecule has 0 saturated carbocycles. The van der Waals surface area contributed by atoms with Crippen molar-refractivity contribution in [2.24, 2.45) is 0 Å². The highest BCUT2D eigenvalue weighted by Crippen LogP contribution is 2.80. The van der Waals surface area contributed by atoms with Gasteiger partial charge in [-0.3, -0.25) is 0 Å². The minimum atomic E-state index is -6.73. The third-order valence-corrected chi connectivity index (χ3v) is 18.6. The Morgan fingerprint density at radius 3 is 0.300 bits per heavy atom. The van der Waals surface area contributed by atoms with E-state index in [1.807, 2.05) is 0 Å². The second kappa shape index (κ2) is 12.4. The van der Waals surface area contributed by atoms with Gasteiger partial charge in [-0.2, -0.15) is 43.1 Å². The van der Waals surface area contributed by atoms with Crippen molar-refractivity contribution in [2.45, 2.75) is 0 Å². The fraction of sp³-hybridized carbons (Fsp3) is 0. The minimum Gasteiger partial charge on any atom is -0.302 e. The Balaban J connectivity index is 3.61. The van der Waals surface area contributed by atoms with Crippen molar-refractivity contribution >= 4 is 78.2 Å². The van der Waals surface area contributed by atoms with Crippen molar-refractivity contribution in [3.63, 3.8) is 0 Å². The molecule has 10 N–H and O–H groups in total. The normalized spacial score (nSPS) is 55.2. The number of phosphoric acid groups is 10. The molecule has 0 atom stereocenters. The second-order valence-corrected chi connectivity index (χ2v) is 21.4. The summed E-state index contributed by atoms with van der Waals surface area (Å²) in [7, 11) is -67.3. The lowest BCUT2D eigenvalue weighted by atomic mass is 15.7. The summed E-state index contributed by atoms with van der Waals surface area (Å²) in [6.45, 7) is 0. The van der Waals surface area contributed by atoms with Crippen LogP contribution in [-0.4, -0.2) is 48.9 Å². The first-order chi connectivity index (χ1) is 17.1. The lowest BCUT2D eigenvalue weighted by Crippen LogP contribution is -2.02. The number of hydrogen-bond donors (Lipinski definition) is 10. The largest absolute Gasteiger partial charge is 0.490 e. The molecule has 1 fully saturated rings. The first-order valence-corrected chi connectivity index (χ1v) is 22.4. The summed E-state index contributed by atoms with van der Waals surface area (Å²) >= 11 is 0. The number of rotatable bonds is 0. The van der Waals surface area contributed by atoms with E-state index in [0.29, 0.717) is 0 Å². The van der Waals surface area contributed by atoms with Gasteiger partial charge >= 0.3 is 78.2 Å². The second-order valence-electron chi connectivity index (χ2n) is 5.50. The van der Waals surface area contributed by atoms with E-state index in [0.717, 1.165) is 0 Å². The van der Waals surface area contributed by atoms with Gasteiger partial charge in [0.15, 0.2) is 0 Å². The molecule has 0 amide bonds. The molecule has 0 bridgehead atoms. The van der Waals surface area contributed by atoms with Gasteiger partial charge in [0.25, 0.3) is 0 Å². The third-order valence-electron chi connectivity index (χ3n) is 2.06. The Bertz CT molecular complexity index is 1040. The highest BCUT2D eigenvalue weighted by molar-refractivity contribution is 7.76. The highest BCUT2D eigenvalue weighted by Gasteiger charge is 2.54. The van der Waals surface area contributed by atoms with Gasteiger partial charge in [-0.1, -0.05) is 0 Å². The standard InChI is InChI=1S/H10O30P10/c1-31(2)21-32(3,4)23-34(7,8)25-36(11,12)27-38(15,16)29-40(19,20)30-39(17,18)28-37(13,14)26-35(9,10)24-33(5,6)22-31/h(H,1,2)(H,3,4)(H,5,6)(H,7,8)(H,9,10)(H,11,12)(H,13,14)(H,15,16)(H,17,18)(H,19,20). The van der Waals surface area contributed by atoms with Gasteiger partial charge in [0.2, 0.25) is 0 Å². The Morgan fingerprint density at radius 2 is 0.250 bits per heavy atom. The molecule has 40 heteroatoms. The predicted molar refractivity (Wildman–Crippen MR) is 109 cm³/mol. The molecule has 0 aromatic heterocycles.